The molecule has 0 heterocycles. The summed E-state index contributed by atoms with van der Waals surface area (Å²) in [5.41, 5.74) is 0.557. The minimum Gasteiger partial charge on any atom is -0.454 e. The van der Waals surface area contributed by atoms with Crippen LogP contribution < -0.4 is 0 Å². The van der Waals surface area contributed by atoms with Gasteiger partial charge in [0.05, 0.1) is 11.3 Å². The van der Waals surface area contributed by atoms with Gasteiger partial charge in [0.15, 0.2) is 22.2 Å². The second-order valence-electron chi connectivity index (χ2n) is 8.97. The molecule has 0 aromatic heterocycles. The maximum absolute atomic E-state index is 12.9. The van der Waals surface area contributed by atoms with Gasteiger partial charge in [-0.2, -0.15) is 0 Å². The van der Waals surface area contributed by atoms with Crippen LogP contribution >= 0.6 is 0 Å². The number of carbonyl (C=O) groups excluding carboxylic acids is 2. The van der Waals surface area contributed by atoms with Gasteiger partial charge in [0.2, 0.25) is 0 Å². The number of ether oxygens (including phenoxy) is 1. The van der Waals surface area contributed by atoms with Gasteiger partial charge in [0, 0.05) is 11.7 Å². The van der Waals surface area contributed by atoms with E-state index in [2.05, 4.69) is 0 Å². The lowest BCUT2D eigenvalue weighted by atomic mass is 9.48. The molecular weight excluding hydrogens is 364 g/mol. The van der Waals surface area contributed by atoms with Gasteiger partial charge in [-0.15, -0.1) is 0 Å². The van der Waals surface area contributed by atoms with Crippen molar-refractivity contribution in [3.05, 3.63) is 35.4 Å². The molecule has 6 heteroatoms. The number of hydrogen-bond acceptors (Lipinski definition) is 5. The van der Waals surface area contributed by atoms with Crippen molar-refractivity contribution < 1.29 is 22.7 Å². The molecule has 0 spiro atoms. The summed E-state index contributed by atoms with van der Waals surface area (Å²) in [6, 6.07) is 6.41. The fourth-order valence-corrected chi connectivity index (χ4v) is 6.70. The van der Waals surface area contributed by atoms with Gasteiger partial charge in [-0.05, 0) is 74.0 Å². The van der Waals surface area contributed by atoms with Crippen LogP contribution in [0.4, 0.5) is 0 Å². The second-order valence-corrected chi connectivity index (χ2v) is 11.1. The summed E-state index contributed by atoms with van der Waals surface area (Å²) in [7, 11) is -3.18. The highest BCUT2D eigenvalue weighted by atomic mass is 32.2. The monoisotopic (exact) mass is 390 g/mol. The zero-order valence-electron chi connectivity index (χ0n) is 15.6. The lowest BCUT2D eigenvalue weighted by Crippen LogP contribution is -2.51. The van der Waals surface area contributed by atoms with Crippen LogP contribution in [0.15, 0.2) is 24.3 Å². The molecule has 4 saturated carbocycles. The first kappa shape index (κ1) is 18.7. The highest BCUT2D eigenvalue weighted by molar-refractivity contribution is 7.89. The summed E-state index contributed by atoms with van der Waals surface area (Å²) in [5, 5.41) is 0. The van der Waals surface area contributed by atoms with Crippen LogP contribution in [0.1, 0.15) is 54.4 Å². The Balaban J connectivity index is 1.40. The minimum absolute atomic E-state index is 0.0715. The van der Waals surface area contributed by atoms with Crippen molar-refractivity contribution in [2.45, 2.75) is 44.3 Å². The lowest BCUT2D eigenvalue weighted by molar-refractivity contribution is -0.147. The number of Topliss-reactive ketones (excluding diaryl/α,β-unsaturated/α-hetero) is 1. The van der Waals surface area contributed by atoms with Crippen molar-refractivity contribution in [2.75, 3.05) is 12.9 Å². The van der Waals surface area contributed by atoms with Crippen molar-refractivity contribution >= 4 is 21.6 Å². The summed E-state index contributed by atoms with van der Waals surface area (Å²) < 4.78 is 28.2. The fraction of sp³-hybridized carbons (Fsp3) is 0.619. The molecule has 0 N–H and O–H groups in total. The van der Waals surface area contributed by atoms with E-state index in [1.54, 1.807) is 18.2 Å². The number of esters is 1. The Morgan fingerprint density at radius 2 is 1.67 bits per heavy atom. The molecule has 5 rings (SSSR count). The zero-order chi connectivity index (χ0) is 19.2. The number of sulfone groups is 1. The third kappa shape index (κ3) is 3.96. The normalized spacial score (nSPS) is 31.7. The summed E-state index contributed by atoms with van der Waals surface area (Å²) in [5.74, 6) is 1.39. The van der Waals surface area contributed by atoms with Crippen molar-refractivity contribution in [1.29, 1.82) is 0 Å². The van der Waals surface area contributed by atoms with E-state index in [-0.39, 0.29) is 29.1 Å². The summed E-state index contributed by atoms with van der Waals surface area (Å²) in [4.78, 5) is 25.3. The smallest absolute Gasteiger partial charge is 0.338 e. The molecule has 0 radical (unpaired) electrons. The van der Waals surface area contributed by atoms with Gasteiger partial charge in [-0.25, -0.2) is 13.2 Å². The second kappa shape index (κ2) is 6.73. The zero-order valence-corrected chi connectivity index (χ0v) is 16.5. The van der Waals surface area contributed by atoms with Gasteiger partial charge >= 0.3 is 5.97 Å². The van der Waals surface area contributed by atoms with E-state index in [4.69, 9.17) is 4.74 Å². The number of carbonyl (C=O) groups is 2. The molecule has 4 fully saturated rings. The van der Waals surface area contributed by atoms with Gasteiger partial charge in [-0.1, -0.05) is 12.1 Å². The Hall–Kier alpha value is -1.69. The standard InChI is InChI=1S/C21H26O5S/c1-27(24,25)13-14-3-2-4-18(8-14)20(23)26-12-19(22)21-9-15-5-16(10-21)7-17(6-15)11-21/h2-4,8,15-17H,5-7,9-13H2,1H3. The molecule has 27 heavy (non-hydrogen) atoms. The predicted octanol–water partition coefficient (Wildman–Crippen LogP) is 3.17. The van der Waals surface area contributed by atoms with Crippen LogP contribution in [0.3, 0.4) is 0 Å². The van der Waals surface area contributed by atoms with Crippen molar-refractivity contribution in [2.24, 2.45) is 23.2 Å². The molecular formula is C21H26O5S. The molecule has 0 saturated heterocycles. The van der Waals surface area contributed by atoms with E-state index in [0.717, 1.165) is 25.5 Å². The summed E-state index contributed by atoms with van der Waals surface area (Å²) >= 11 is 0. The molecule has 0 atom stereocenters. The first-order chi connectivity index (χ1) is 12.7. The average Bonchev–Trinajstić information content (AvgIpc) is 2.57. The third-order valence-corrected chi connectivity index (χ3v) is 7.41. The molecule has 4 aliphatic rings. The minimum atomic E-state index is -3.18. The third-order valence-electron chi connectivity index (χ3n) is 6.56. The molecule has 4 bridgehead atoms. The van der Waals surface area contributed by atoms with E-state index in [9.17, 15) is 18.0 Å². The fourth-order valence-electron chi connectivity index (χ4n) is 5.91. The Labute approximate surface area is 160 Å². The Bertz CT molecular complexity index is 835. The van der Waals surface area contributed by atoms with Crippen LogP contribution in [0.2, 0.25) is 0 Å². The van der Waals surface area contributed by atoms with E-state index in [1.807, 2.05) is 0 Å². The molecule has 1 aromatic rings. The molecule has 0 aliphatic heterocycles. The lowest BCUT2D eigenvalue weighted by Gasteiger charge is -2.55. The highest BCUT2D eigenvalue weighted by Gasteiger charge is 2.54. The number of ketones is 1. The molecule has 146 valence electrons. The van der Waals surface area contributed by atoms with Crippen LogP contribution in [-0.4, -0.2) is 33.0 Å². The topological polar surface area (TPSA) is 77.5 Å². The SMILES string of the molecule is CS(=O)(=O)Cc1cccc(C(=O)OCC(=O)C23CC4CC(CC(C4)C2)C3)c1. The van der Waals surface area contributed by atoms with Crippen LogP contribution in [-0.2, 0) is 25.1 Å². The average molecular weight is 391 g/mol. The number of rotatable bonds is 6. The molecule has 5 nitrogen and oxygen atoms in total. The highest BCUT2D eigenvalue weighted by Crippen LogP contribution is 2.60. The van der Waals surface area contributed by atoms with Crippen LogP contribution in [0.5, 0.6) is 0 Å². The van der Waals surface area contributed by atoms with E-state index >= 15 is 0 Å². The Morgan fingerprint density at radius 3 is 2.22 bits per heavy atom. The van der Waals surface area contributed by atoms with E-state index in [0.29, 0.717) is 23.3 Å². The number of benzene rings is 1. The van der Waals surface area contributed by atoms with Crippen molar-refractivity contribution in [1.82, 2.24) is 0 Å². The van der Waals surface area contributed by atoms with Crippen LogP contribution in [0, 0.1) is 23.2 Å². The van der Waals surface area contributed by atoms with Gasteiger partial charge in [0.1, 0.15) is 0 Å². The van der Waals surface area contributed by atoms with Crippen LogP contribution in [0.25, 0.3) is 0 Å². The predicted molar refractivity (Wildman–Crippen MR) is 101 cm³/mol. The first-order valence-electron chi connectivity index (χ1n) is 9.69. The maximum atomic E-state index is 12.9. The Morgan fingerprint density at radius 1 is 1.07 bits per heavy atom. The molecule has 1 aromatic carbocycles. The van der Waals surface area contributed by atoms with Gasteiger partial charge < -0.3 is 4.74 Å². The largest absolute Gasteiger partial charge is 0.454 e. The summed E-state index contributed by atoms with van der Waals surface area (Å²) in [6.45, 7) is -0.179. The molecule has 0 amide bonds. The number of hydrogen-bond donors (Lipinski definition) is 0. The molecule has 0 unspecified atom stereocenters. The van der Waals surface area contributed by atoms with Crippen molar-refractivity contribution in [3.8, 4) is 0 Å². The van der Waals surface area contributed by atoms with E-state index < -0.39 is 15.8 Å². The van der Waals surface area contributed by atoms with Crippen molar-refractivity contribution in [3.63, 3.8) is 0 Å². The van der Waals surface area contributed by atoms with E-state index in [1.165, 1.54) is 25.3 Å². The quantitative estimate of drug-likeness (QED) is 0.697. The van der Waals surface area contributed by atoms with Gasteiger partial charge in [-0.3, -0.25) is 4.79 Å². The summed E-state index contributed by atoms with van der Waals surface area (Å²) in [6.07, 6.45) is 7.82. The first-order valence-corrected chi connectivity index (χ1v) is 11.8. The molecule has 4 aliphatic carbocycles. The maximum Gasteiger partial charge on any atom is 0.338 e. The Kier molecular flexibility index (Phi) is 4.65. The van der Waals surface area contributed by atoms with Gasteiger partial charge in [0.25, 0.3) is 0 Å².